The summed E-state index contributed by atoms with van der Waals surface area (Å²) in [5.41, 5.74) is 0. The number of aromatic nitrogens is 2. The smallest absolute Gasteiger partial charge is 0.306 e. The van der Waals surface area contributed by atoms with Crippen molar-refractivity contribution in [1.82, 2.24) is 13.6 Å². The van der Waals surface area contributed by atoms with E-state index in [0.717, 1.165) is 89.0 Å². The molecule has 0 aromatic carbocycles. The monoisotopic (exact) mass is 880 g/mol. The number of methoxy groups -OCH3 is 1. The standard InChI is InChI=1S/C33H63N5O3S.C18H38O/c1-4-6-7-8-12-17-23-30(5-2)41-31(40)24-18-13-11-15-20-27-38(26-19-14-9-10-16-21-29-39)28-22-25-35-33-32(34-3)36-42-37-33;1-4-6-8-10-12-14-16-18(19-3)17-15-13-11-9-7-5-2/h29-30H,4-28H2,1-3H3,(H,34,36)(H,35,37);18H,4-17H2,1-3H3. The lowest BCUT2D eigenvalue weighted by atomic mass is 10.0. The number of hydrogen-bond acceptors (Lipinski definition) is 10. The number of nitrogens with one attached hydrogen (secondary N) is 2. The van der Waals surface area contributed by atoms with Crippen LogP contribution in [0.2, 0.25) is 0 Å². The summed E-state index contributed by atoms with van der Waals surface area (Å²) in [5.74, 6) is 1.66. The van der Waals surface area contributed by atoms with E-state index in [4.69, 9.17) is 9.47 Å². The minimum absolute atomic E-state index is 0.00551. The largest absolute Gasteiger partial charge is 0.462 e. The average molecular weight is 880 g/mol. The zero-order valence-electron chi connectivity index (χ0n) is 41.2. The maximum Gasteiger partial charge on any atom is 0.306 e. The Morgan fingerprint density at radius 1 is 0.590 bits per heavy atom. The summed E-state index contributed by atoms with van der Waals surface area (Å²) in [6.45, 7) is 13.2. The van der Waals surface area contributed by atoms with Gasteiger partial charge in [-0.25, -0.2) is 0 Å². The second-order valence-electron chi connectivity index (χ2n) is 17.6. The number of ether oxygens (including phenoxy) is 2. The van der Waals surface area contributed by atoms with Gasteiger partial charge in [0.25, 0.3) is 0 Å². The van der Waals surface area contributed by atoms with Crippen molar-refractivity contribution in [2.24, 2.45) is 0 Å². The molecule has 1 heterocycles. The molecule has 9 nitrogen and oxygen atoms in total. The Morgan fingerprint density at radius 3 is 1.52 bits per heavy atom. The van der Waals surface area contributed by atoms with Gasteiger partial charge in [-0.2, -0.15) is 8.75 Å². The van der Waals surface area contributed by atoms with Gasteiger partial charge in [0, 0.05) is 33.5 Å². The van der Waals surface area contributed by atoms with Crippen LogP contribution in [-0.4, -0.2) is 78.4 Å². The van der Waals surface area contributed by atoms with Gasteiger partial charge in [0.1, 0.15) is 12.4 Å². The summed E-state index contributed by atoms with van der Waals surface area (Å²) in [5, 5.41) is 6.49. The van der Waals surface area contributed by atoms with Crippen LogP contribution in [0, 0.1) is 0 Å². The van der Waals surface area contributed by atoms with Crippen molar-refractivity contribution >= 4 is 35.6 Å². The van der Waals surface area contributed by atoms with E-state index in [0.29, 0.717) is 18.9 Å². The molecular weight excluding hydrogens is 779 g/mol. The van der Waals surface area contributed by atoms with Crippen LogP contribution in [-0.2, 0) is 19.1 Å². The fourth-order valence-electron chi connectivity index (χ4n) is 7.97. The van der Waals surface area contributed by atoms with Gasteiger partial charge >= 0.3 is 5.97 Å². The Balaban J connectivity index is 0.00000158. The Labute approximate surface area is 382 Å². The Hall–Kier alpha value is -1.78. The normalized spacial score (nSPS) is 11.8. The van der Waals surface area contributed by atoms with Gasteiger partial charge in [0.15, 0.2) is 11.6 Å². The van der Waals surface area contributed by atoms with Gasteiger partial charge in [-0.1, -0.05) is 175 Å². The predicted octanol–water partition coefficient (Wildman–Crippen LogP) is 15.1. The van der Waals surface area contributed by atoms with Crippen molar-refractivity contribution in [3.05, 3.63) is 0 Å². The molecule has 1 aromatic rings. The lowest BCUT2D eigenvalue weighted by Crippen LogP contribution is -2.28. The molecule has 0 fully saturated rings. The fourth-order valence-corrected chi connectivity index (χ4v) is 8.50. The first-order valence-corrected chi connectivity index (χ1v) is 26.8. The van der Waals surface area contributed by atoms with E-state index in [9.17, 15) is 9.59 Å². The molecule has 0 aliphatic rings. The molecule has 1 rings (SSSR count). The number of carbonyl (C=O) groups excluding carboxylic acids is 2. The summed E-state index contributed by atoms with van der Waals surface area (Å²) >= 11 is 1.22. The quantitative estimate of drug-likeness (QED) is 0.0376. The van der Waals surface area contributed by atoms with E-state index in [1.165, 1.54) is 179 Å². The number of rotatable bonds is 46. The number of aldehydes is 1. The zero-order chi connectivity index (χ0) is 44.7. The summed E-state index contributed by atoms with van der Waals surface area (Å²) in [4.78, 5) is 25.5. The van der Waals surface area contributed by atoms with E-state index in [1.807, 2.05) is 14.2 Å². The molecule has 2 N–H and O–H groups in total. The van der Waals surface area contributed by atoms with E-state index in [1.54, 1.807) is 0 Å². The van der Waals surface area contributed by atoms with Gasteiger partial charge in [-0.3, -0.25) is 4.79 Å². The molecule has 0 radical (unpaired) electrons. The molecule has 0 saturated carbocycles. The molecule has 0 aliphatic carbocycles. The maximum atomic E-state index is 12.3. The average Bonchev–Trinajstić information content (AvgIpc) is 3.74. The highest BCUT2D eigenvalue weighted by Gasteiger charge is 2.13. The molecule has 0 spiro atoms. The molecule has 360 valence electrons. The second-order valence-corrected chi connectivity index (χ2v) is 18.1. The third-order valence-electron chi connectivity index (χ3n) is 12.0. The Morgan fingerprint density at radius 2 is 1.03 bits per heavy atom. The maximum absolute atomic E-state index is 12.3. The van der Waals surface area contributed by atoms with Crippen LogP contribution in [0.3, 0.4) is 0 Å². The fraction of sp³-hybridized carbons (Fsp3) is 0.922. The van der Waals surface area contributed by atoms with Crippen LogP contribution in [0.5, 0.6) is 0 Å². The minimum atomic E-state index is -0.00551. The van der Waals surface area contributed by atoms with E-state index in [2.05, 4.69) is 52.0 Å². The van der Waals surface area contributed by atoms with Gasteiger partial charge in [-0.05, 0) is 83.8 Å². The molecular formula is C51H101N5O4S. The van der Waals surface area contributed by atoms with Crippen LogP contribution < -0.4 is 10.6 Å². The van der Waals surface area contributed by atoms with Crippen molar-refractivity contribution in [2.75, 3.05) is 51.0 Å². The van der Waals surface area contributed by atoms with Crippen LogP contribution in [0.1, 0.15) is 252 Å². The first-order valence-electron chi connectivity index (χ1n) is 26.1. The second kappa shape index (κ2) is 47.7. The molecule has 1 atom stereocenters. The van der Waals surface area contributed by atoms with Crippen LogP contribution in [0.25, 0.3) is 0 Å². The molecule has 10 heteroatoms. The Bertz CT molecular complexity index is 1030. The number of carbonyl (C=O) groups is 2. The van der Waals surface area contributed by atoms with E-state index >= 15 is 0 Å². The lowest BCUT2D eigenvalue weighted by molar-refractivity contribution is -0.149. The SMILES string of the molecule is CCCCCCCCC(CC)OC(=O)CCCCCCCN(CCCCCCCC=O)CCCNc1nsnc1NC.CCCCCCCCC(CCCCCCCC)OC. The Kier molecular flexibility index (Phi) is 46.3. The highest BCUT2D eigenvalue weighted by Crippen LogP contribution is 2.19. The summed E-state index contributed by atoms with van der Waals surface area (Å²) < 4.78 is 19.9. The van der Waals surface area contributed by atoms with Crippen LogP contribution >= 0.6 is 11.7 Å². The molecule has 1 unspecified atom stereocenters. The third-order valence-corrected chi connectivity index (χ3v) is 12.6. The van der Waals surface area contributed by atoms with Crippen molar-refractivity contribution in [1.29, 1.82) is 0 Å². The molecule has 0 amide bonds. The third kappa shape index (κ3) is 39.5. The van der Waals surface area contributed by atoms with Crippen LogP contribution in [0.4, 0.5) is 11.6 Å². The summed E-state index contributed by atoms with van der Waals surface area (Å²) in [6.07, 6.45) is 44.3. The van der Waals surface area contributed by atoms with Gasteiger partial charge in [-0.15, -0.1) is 0 Å². The highest BCUT2D eigenvalue weighted by molar-refractivity contribution is 6.99. The predicted molar refractivity (Wildman–Crippen MR) is 265 cm³/mol. The molecule has 61 heavy (non-hydrogen) atoms. The first-order chi connectivity index (χ1) is 30.0. The molecule has 0 aliphatic heterocycles. The van der Waals surface area contributed by atoms with Crippen molar-refractivity contribution in [2.45, 2.75) is 265 Å². The zero-order valence-corrected chi connectivity index (χ0v) is 42.0. The number of anilines is 2. The molecule has 1 aromatic heterocycles. The van der Waals surface area contributed by atoms with Gasteiger partial charge < -0.3 is 29.8 Å². The highest BCUT2D eigenvalue weighted by atomic mass is 32.1. The lowest BCUT2D eigenvalue weighted by Gasteiger charge is -2.22. The first kappa shape index (κ1) is 59.2. The number of unbranched alkanes of at least 4 members (excludes halogenated alkanes) is 24. The van der Waals surface area contributed by atoms with Gasteiger partial charge in [0.05, 0.1) is 17.8 Å². The molecule has 0 saturated heterocycles. The topological polar surface area (TPSA) is 106 Å². The minimum Gasteiger partial charge on any atom is -0.462 e. The van der Waals surface area contributed by atoms with Gasteiger partial charge in [0.2, 0.25) is 0 Å². The number of nitrogens with zero attached hydrogens (tertiary/aromatic N) is 3. The summed E-state index contributed by atoms with van der Waals surface area (Å²) in [7, 11) is 3.76. The van der Waals surface area contributed by atoms with Crippen LogP contribution in [0.15, 0.2) is 0 Å². The van der Waals surface area contributed by atoms with Crippen molar-refractivity contribution in [3.63, 3.8) is 0 Å². The van der Waals surface area contributed by atoms with E-state index < -0.39 is 0 Å². The van der Waals surface area contributed by atoms with Crippen molar-refractivity contribution < 1.29 is 19.1 Å². The number of esters is 1. The molecule has 0 bridgehead atoms. The van der Waals surface area contributed by atoms with Crippen molar-refractivity contribution in [3.8, 4) is 0 Å². The summed E-state index contributed by atoms with van der Waals surface area (Å²) in [6, 6.07) is 0. The van der Waals surface area contributed by atoms with E-state index in [-0.39, 0.29) is 12.1 Å². The number of hydrogen-bond donors (Lipinski definition) is 2.